The molecular weight excluding hydrogens is 322 g/mol. The van der Waals surface area contributed by atoms with Gasteiger partial charge >= 0.3 is 0 Å². The van der Waals surface area contributed by atoms with Gasteiger partial charge in [-0.05, 0) is 18.9 Å². The van der Waals surface area contributed by atoms with E-state index in [0.29, 0.717) is 19.0 Å². The molecule has 1 aliphatic carbocycles. The van der Waals surface area contributed by atoms with Gasteiger partial charge < -0.3 is 9.32 Å². The molecule has 126 valence electrons. The molecule has 0 bridgehead atoms. The highest BCUT2D eigenvalue weighted by molar-refractivity contribution is 7.15. The number of rotatable bonds is 5. The first-order valence-electron chi connectivity index (χ1n) is 8.51. The van der Waals surface area contributed by atoms with Crippen LogP contribution in [0, 0.1) is 0 Å². The van der Waals surface area contributed by atoms with Gasteiger partial charge in [-0.25, -0.2) is 4.98 Å². The molecule has 0 N–H and O–H groups in total. The molecule has 0 atom stereocenters. The maximum atomic E-state index is 13.1. The third kappa shape index (κ3) is 3.11. The molecule has 0 radical (unpaired) electrons. The zero-order chi connectivity index (χ0) is 16.4. The summed E-state index contributed by atoms with van der Waals surface area (Å²) in [4.78, 5) is 20.4. The molecule has 3 aromatic heterocycles. The van der Waals surface area contributed by atoms with E-state index in [-0.39, 0.29) is 5.91 Å². The SMILES string of the molecule is O=C(Cc1csc2nccn12)N(Cc1ccoc1)C1CCCCC1. The molecular formula is C18H21N3O2S. The lowest BCUT2D eigenvalue weighted by atomic mass is 9.93. The molecule has 1 fully saturated rings. The number of furan rings is 1. The molecule has 1 aliphatic rings. The highest BCUT2D eigenvalue weighted by atomic mass is 32.1. The Hall–Kier alpha value is -2.08. The Bertz CT molecular complexity index is 799. The van der Waals surface area contributed by atoms with E-state index in [1.54, 1.807) is 30.1 Å². The van der Waals surface area contributed by atoms with Crippen molar-refractivity contribution in [2.24, 2.45) is 0 Å². The van der Waals surface area contributed by atoms with Crippen molar-refractivity contribution < 1.29 is 9.21 Å². The maximum Gasteiger partial charge on any atom is 0.229 e. The van der Waals surface area contributed by atoms with Crippen molar-refractivity contribution in [2.45, 2.75) is 51.1 Å². The lowest BCUT2D eigenvalue weighted by Crippen LogP contribution is -2.41. The minimum absolute atomic E-state index is 0.191. The van der Waals surface area contributed by atoms with E-state index >= 15 is 0 Å². The van der Waals surface area contributed by atoms with Crippen LogP contribution in [0.3, 0.4) is 0 Å². The normalized spacial score (nSPS) is 15.8. The summed E-state index contributed by atoms with van der Waals surface area (Å²) in [5.74, 6) is 0.191. The highest BCUT2D eigenvalue weighted by Gasteiger charge is 2.26. The van der Waals surface area contributed by atoms with Gasteiger partial charge in [-0.2, -0.15) is 0 Å². The smallest absolute Gasteiger partial charge is 0.229 e. The van der Waals surface area contributed by atoms with Gasteiger partial charge in [0.05, 0.1) is 18.9 Å². The summed E-state index contributed by atoms with van der Waals surface area (Å²) >= 11 is 1.58. The number of amides is 1. The van der Waals surface area contributed by atoms with Gasteiger partial charge in [0.25, 0.3) is 0 Å². The standard InChI is InChI=1S/C18H21N3O2S/c22-17(10-16-13-24-18-19-7-8-20(16)18)21(11-14-6-9-23-12-14)15-4-2-1-3-5-15/h6-9,12-13,15H,1-5,10-11H2. The highest BCUT2D eigenvalue weighted by Crippen LogP contribution is 2.25. The Morgan fingerprint density at radius 3 is 3.04 bits per heavy atom. The third-order valence-corrected chi connectivity index (χ3v) is 5.72. The van der Waals surface area contributed by atoms with E-state index in [1.807, 2.05) is 22.0 Å². The predicted octanol–water partition coefficient (Wildman–Crippen LogP) is 3.89. The molecule has 0 unspecified atom stereocenters. The number of fused-ring (bicyclic) bond motifs is 1. The van der Waals surface area contributed by atoms with E-state index in [2.05, 4.69) is 9.88 Å². The lowest BCUT2D eigenvalue weighted by molar-refractivity contribution is -0.134. The van der Waals surface area contributed by atoms with Crippen LogP contribution >= 0.6 is 11.3 Å². The molecule has 5 nitrogen and oxygen atoms in total. The molecule has 0 aliphatic heterocycles. The van der Waals surface area contributed by atoms with E-state index in [1.165, 1.54) is 19.3 Å². The van der Waals surface area contributed by atoms with Gasteiger partial charge in [0.2, 0.25) is 5.91 Å². The van der Waals surface area contributed by atoms with Gasteiger partial charge in [0.15, 0.2) is 4.96 Å². The molecule has 1 saturated carbocycles. The van der Waals surface area contributed by atoms with Crippen LogP contribution < -0.4 is 0 Å². The summed E-state index contributed by atoms with van der Waals surface area (Å²) in [7, 11) is 0. The van der Waals surface area contributed by atoms with Crippen LogP contribution in [0.4, 0.5) is 0 Å². The van der Waals surface area contributed by atoms with Crippen LogP contribution in [0.5, 0.6) is 0 Å². The minimum Gasteiger partial charge on any atom is -0.472 e. The van der Waals surface area contributed by atoms with Crippen molar-refractivity contribution in [1.29, 1.82) is 0 Å². The molecule has 24 heavy (non-hydrogen) atoms. The average molecular weight is 343 g/mol. The molecule has 6 heteroatoms. The first kappa shape index (κ1) is 15.4. The number of thiazole rings is 1. The Kier molecular flexibility index (Phi) is 4.38. The average Bonchev–Trinajstić information content (AvgIpc) is 3.33. The summed E-state index contributed by atoms with van der Waals surface area (Å²) in [6, 6.07) is 2.29. The third-order valence-electron chi connectivity index (χ3n) is 4.82. The van der Waals surface area contributed by atoms with Crippen LogP contribution in [-0.2, 0) is 17.8 Å². The van der Waals surface area contributed by atoms with E-state index in [4.69, 9.17) is 4.42 Å². The van der Waals surface area contributed by atoms with Crippen LogP contribution in [0.15, 0.2) is 40.8 Å². The van der Waals surface area contributed by atoms with Gasteiger partial charge in [-0.15, -0.1) is 11.3 Å². The first-order chi connectivity index (χ1) is 11.8. The summed E-state index contributed by atoms with van der Waals surface area (Å²) in [5, 5.41) is 2.04. The van der Waals surface area contributed by atoms with Crippen molar-refractivity contribution >= 4 is 22.2 Å². The molecule has 0 spiro atoms. The Balaban J connectivity index is 1.54. The molecule has 3 aromatic rings. The van der Waals surface area contributed by atoms with Crippen molar-refractivity contribution in [2.75, 3.05) is 0 Å². The van der Waals surface area contributed by atoms with Crippen LogP contribution in [0.25, 0.3) is 4.96 Å². The summed E-state index contributed by atoms with van der Waals surface area (Å²) in [6.07, 6.45) is 13.5. The van der Waals surface area contributed by atoms with Gasteiger partial charge in [-0.3, -0.25) is 9.20 Å². The second kappa shape index (κ2) is 6.81. The van der Waals surface area contributed by atoms with E-state index in [9.17, 15) is 4.79 Å². The lowest BCUT2D eigenvalue weighted by Gasteiger charge is -2.34. The number of hydrogen-bond acceptors (Lipinski definition) is 4. The van der Waals surface area contributed by atoms with E-state index < -0.39 is 0 Å². The van der Waals surface area contributed by atoms with Crippen LogP contribution in [0.1, 0.15) is 43.4 Å². The largest absolute Gasteiger partial charge is 0.472 e. The second-order valence-electron chi connectivity index (χ2n) is 6.43. The number of hydrogen-bond donors (Lipinski definition) is 0. The first-order valence-corrected chi connectivity index (χ1v) is 9.39. The van der Waals surface area contributed by atoms with E-state index in [0.717, 1.165) is 29.1 Å². The fourth-order valence-electron chi connectivity index (χ4n) is 3.55. The maximum absolute atomic E-state index is 13.1. The molecule has 0 aromatic carbocycles. The van der Waals surface area contributed by atoms with Gasteiger partial charge in [0, 0.05) is 41.6 Å². The zero-order valence-corrected chi connectivity index (χ0v) is 14.4. The van der Waals surface area contributed by atoms with Crippen molar-refractivity contribution in [1.82, 2.24) is 14.3 Å². The van der Waals surface area contributed by atoms with Gasteiger partial charge in [-0.1, -0.05) is 19.3 Å². The van der Waals surface area contributed by atoms with Crippen LogP contribution in [0.2, 0.25) is 0 Å². The fourth-order valence-corrected chi connectivity index (χ4v) is 4.40. The number of aromatic nitrogens is 2. The minimum atomic E-state index is 0.191. The Labute approximate surface area is 144 Å². The van der Waals surface area contributed by atoms with Crippen LogP contribution in [-0.4, -0.2) is 26.2 Å². The summed E-state index contributed by atoms with van der Waals surface area (Å²) < 4.78 is 7.20. The topological polar surface area (TPSA) is 50.8 Å². The van der Waals surface area contributed by atoms with Gasteiger partial charge in [0.1, 0.15) is 0 Å². The molecule has 4 rings (SSSR count). The summed E-state index contributed by atoms with van der Waals surface area (Å²) in [6.45, 7) is 0.636. The second-order valence-corrected chi connectivity index (χ2v) is 7.27. The zero-order valence-electron chi connectivity index (χ0n) is 13.6. The number of carbonyl (C=O) groups excluding carboxylic acids is 1. The number of imidazole rings is 1. The van der Waals surface area contributed by atoms with Crippen molar-refractivity contribution in [3.8, 4) is 0 Å². The number of nitrogens with zero attached hydrogens (tertiary/aromatic N) is 3. The quantitative estimate of drug-likeness (QED) is 0.706. The molecule has 1 amide bonds. The predicted molar refractivity (Wildman–Crippen MR) is 92.9 cm³/mol. The fraction of sp³-hybridized carbons (Fsp3) is 0.444. The Morgan fingerprint density at radius 2 is 2.25 bits per heavy atom. The molecule has 3 heterocycles. The number of carbonyl (C=O) groups is 1. The Morgan fingerprint density at radius 1 is 1.38 bits per heavy atom. The summed E-state index contributed by atoms with van der Waals surface area (Å²) in [5.41, 5.74) is 2.08. The van der Waals surface area contributed by atoms with Crippen molar-refractivity contribution in [3.63, 3.8) is 0 Å². The monoisotopic (exact) mass is 343 g/mol. The molecule has 0 saturated heterocycles. The van der Waals surface area contributed by atoms with Crippen molar-refractivity contribution in [3.05, 3.63) is 47.6 Å².